The van der Waals surface area contributed by atoms with Crippen molar-refractivity contribution in [2.24, 2.45) is 17.8 Å². The van der Waals surface area contributed by atoms with Gasteiger partial charge in [-0.2, -0.15) is 0 Å². The van der Waals surface area contributed by atoms with E-state index in [0.29, 0.717) is 18.6 Å². The second kappa shape index (κ2) is 6.33. The van der Waals surface area contributed by atoms with Crippen LogP contribution >= 0.6 is 0 Å². The lowest BCUT2D eigenvalue weighted by Crippen LogP contribution is -2.59. The highest BCUT2D eigenvalue weighted by Crippen LogP contribution is 2.55. The highest BCUT2D eigenvalue weighted by molar-refractivity contribution is 6.07. The number of aromatic nitrogens is 1. The highest BCUT2D eigenvalue weighted by atomic mass is 16.3. The monoisotopic (exact) mass is 374 g/mol. The molecule has 1 aromatic heterocycles. The van der Waals surface area contributed by atoms with E-state index in [1.54, 1.807) is 0 Å². The second-order valence-corrected chi connectivity index (χ2v) is 9.88. The molecule has 2 aromatic carbocycles. The Kier molecular flexibility index (Phi) is 3.86. The second-order valence-electron chi connectivity index (χ2n) is 9.88. The van der Waals surface area contributed by atoms with Crippen LogP contribution in [0.4, 0.5) is 0 Å². The fourth-order valence-corrected chi connectivity index (χ4v) is 7.14. The van der Waals surface area contributed by atoms with Gasteiger partial charge in [0.2, 0.25) is 0 Å². The van der Waals surface area contributed by atoms with Crippen molar-refractivity contribution in [3.63, 3.8) is 0 Å². The minimum atomic E-state index is -0.368. The molecule has 1 unspecified atom stereocenters. The van der Waals surface area contributed by atoms with E-state index in [-0.39, 0.29) is 6.10 Å². The Balaban J connectivity index is 1.23. The van der Waals surface area contributed by atoms with Crippen molar-refractivity contribution in [1.29, 1.82) is 0 Å². The summed E-state index contributed by atoms with van der Waals surface area (Å²) >= 11 is 0. The van der Waals surface area contributed by atoms with Crippen LogP contribution in [0.25, 0.3) is 21.8 Å². The number of fused-ring (bicyclic) bond motifs is 3. The van der Waals surface area contributed by atoms with Gasteiger partial charge in [0.1, 0.15) is 0 Å². The van der Waals surface area contributed by atoms with Crippen molar-refractivity contribution in [3.8, 4) is 0 Å². The fourth-order valence-electron chi connectivity index (χ4n) is 7.14. The summed E-state index contributed by atoms with van der Waals surface area (Å²) in [5, 5.41) is 17.4. The number of nitrogens with one attached hydrogen (secondary N) is 1. The summed E-state index contributed by atoms with van der Waals surface area (Å²) in [4.78, 5) is 0. The Morgan fingerprint density at radius 3 is 1.89 bits per heavy atom. The molecule has 28 heavy (non-hydrogen) atoms. The number of benzene rings is 2. The summed E-state index contributed by atoms with van der Waals surface area (Å²) in [5.41, 5.74) is 2.76. The molecule has 3 heteroatoms. The third kappa shape index (κ3) is 2.71. The zero-order valence-electron chi connectivity index (χ0n) is 16.5. The van der Waals surface area contributed by atoms with Crippen molar-refractivity contribution in [1.82, 2.24) is 9.88 Å². The third-order valence-electron chi connectivity index (χ3n) is 7.82. The van der Waals surface area contributed by atoms with E-state index in [0.717, 1.165) is 17.8 Å². The molecule has 1 heterocycles. The van der Waals surface area contributed by atoms with E-state index in [2.05, 4.69) is 58.4 Å². The van der Waals surface area contributed by atoms with Crippen LogP contribution in [0.3, 0.4) is 0 Å². The van der Waals surface area contributed by atoms with Crippen LogP contribution < -0.4 is 5.32 Å². The molecule has 4 saturated carbocycles. The van der Waals surface area contributed by atoms with Crippen LogP contribution in [0.15, 0.2) is 48.5 Å². The minimum absolute atomic E-state index is 0.316. The van der Waals surface area contributed by atoms with Crippen molar-refractivity contribution in [2.75, 3.05) is 6.54 Å². The van der Waals surface area contributed by atoms with E-state index in [4.69, 9.17) is 0 Å². The lowest BCUT2D eigenvalue weighted by atomic mass is 9.53. The SMILES string of the molecule is OC(CNC12CC3CC(CC(C3)C1)C2)Cn1c2ccccc2c2ccccc21. The number of hydrogen-bond donors (Lipinski definition) is 2. The first-order valence-corrected chi connectivity index (χ1v) is 11.1. The fraction of sp³-hybridized carbons (Fsp3) is 0.520. The zero-order valence-corrected chi connectivity index (χ0v) is 16.5. The van der Waals surface area contributed by atoms with Crippen LogP contribution in [-0.2, 0) is 6.54 Å². The summed E-state index contributed by atoms with van der Waals surface area (Å²) in [6.07, 6.45) is 8.02. The molecule has 4 aliphatic rings. The van der Waals surface area contributed by atoms with Crippen molar-refractivity contribution in [3.05, 3.63) is 48.5 Å². The maximum Gasteiger partial charge on any atom is 0.0843 e. The number of para-hydroxylation sites is 2. The molecule has 4 fully saturated rings. The molecule has 1 atom stereocenters. The quantitative estimate of drug-likeness (QED) is 0.678. The maximum atomic E-state index is 11.0. The van der Waals surface area contributed by atoms with Crippen molar-refractivity contribution >= 4 is 21.8 Å². The van der Waals surface area contributed by atoms with E-state index >= 15 is 0 Å². The molecule has 0 aliphatic heterocycles. The van der Waals surface area contributed by atoms with Crippen LogP contribution in [0.2, 0.25) is 0 Å². The van der Waals surface area contributed by atoms with Crippen LogP contribution in [0.5, 0.6) is 0 Å². The summed E-state index contributed by atoms with van der Waals surface area (Å²) < 4.78 is 2.30. The molecular weight excluding hydrogens is 344 g/mol. The normalized spacial score (nSPS) is 32.4. The first-order valence-electron chi connectivity index (χ1n) is 11.1. The molecule has 0 spiro atoms. The summed E-state index contributed by atoms with van der Waals surface area (Å²) in [7, 11) is 0. The Morgan fingerprint density at radius 1 is 0.857 bits per heavy atom. The molecule has 3 aromatic rings. The van der Waals surface area contributed by atoms with Gasteiger partial charge in [0.25, 0.3) is 0 Å². The predicted molar refractivity (Wildman–Crippen MR) is 114 cm³/mol. The van der Waals surface area contributed by atoms with E-state index in [1.807, 2.05) is 0 Å². The number of aliphatic hydroxyl groups excluding tert-OH is 1. The molecule has 4 aliphatic carbocycles. The first-order chi connectivity index (χ1) is 13.7. The predicted octanol–water partition coefficient (Wildman–Crippen LogP) is 4.71. The maximum absolute atomic E-state index is 11.0. The number of hydrogen-bond acceptors (Lipinski definition) is 2. The first kappa shape index (κ1) is 17.1. The van der Waals surface area contributed by atoms with Gasteiger partial charge in [-0.25, -0.2) is 0 Å². The molecule has 3 nitrogen and oxygen atoms in total. The van der Waals surface area contributed by atoms with E-state index < -0.39 is 0 Å². The van der Waals surface area contributed by atoms with Gasteiger partial charge in [0, 0.05) is 33.9 Å². The smallest absolute Gasteiger partial charge is 0.0843 e. The van der Waals surface area contributed by atoms with Gasteiger partial charge in [-0.05, 0) is 68.4 Å². The molecule has 2 N–H and O–H groups in total. The van der Waals surface area contributed by atoms with Crippen LogP contribution in [0, 0.1) is 17.8 Å². The molecule has 0 saturated heterocycles. The van der Waals surface area contributed by atoms with Gasteiger partial charge >= 0.3 is 0 Å². The Labute approximate surface area is 166 Å². The minimum Gasteiger partial charge on any atom is -0.390 e. The van der Waals surface area contributed by atoms with Gasteiger partial charge in [0.15, 0.2) is 0 Å². The van der Waals surface area contributed by atoms with Gasteiger partial charge in [-0.1, -0.05) is 36.4 Å². The van der Waals surface area contributed by atoms with E-state index in [1.165, 1.54) is 60.3 Å². The van der Waals surface area contributed by atoms with Crippen LogP contribution in [-0.4, -0.2) is 27.9 Å². The van der Waals surface area contributed by atoms with Crippen LogP contribution in [0.1, 0.15) is 38.5 Å². The summed E-state index contributed by atoms with van der Waals surface area (Å²) in [6.45, 7) is 1.35. The zero-order chi connectivity index (χ0) is 18.7. The van der Waals surface area contributed by atoms with Gasteiger partial charge in [-0.15, -0.1) is 0 Å². The van der Waals surface area contributed by atoms with Gasteiger partial charge in [0.05, 0.1) is 12.6 Å². The number of β-amino-alcohol motifs (C(OH)–C–C–N with tert-alkyl or cyclic N) is 1. The van der Waals surface area contributed by atoms with Crippen molar-refractivity contribution < 1.29 is 5.11 Å². The lowest BCUT2D eigenvalue weighted by Gasteiger charge is -2.57. The number of rotatable bonds is 5. The highest BCUT2D eigenvalue weighted by Gasteiger charge is 2.50. The number of aliphatic hydroxyl groups is 1. The number of nitrogens with zero attached hydrogens (tertiary/aromatic N) is 1. The van der Waals surface area contributed by atoms with E-state index in [9.17, 15) is 5.11 Å². The van der Waals surface area contributed by atoms with Gasteiger partial charge < -0.3 is 15.0 Å². The average molecular weight is 375 g/mol. The molecular formula is C25H30N2O. The Hall–Kier alpha value is -1.84. The molecule has 4 bridgehead atoms. The molecule has 0 amide bonds. The largest absolute Gasteiger partial charge is 0.390 e. The van der Waals surface area contributed by atoms with Gasteiger partial charge in [-0.3, -0.25) is 0 Å². The Bertz CT molecular complexity index is 931. The molecule has 7 rings (SSSR count). The summed E-state index contributed by atoms with van der Waals surface area (Å²) in [6, 6.07) is 17.1. The Morgan fingerprint density at radius 2 is 1.36 bits per heavy atom. The standard InChI is InChI=1S/C25H30N2O/c28-20(15-26-25-12-17-9-18(13-25)11-19(10-17)14-25)16-27-23-7-3-1-5-21(23)22-6-2-4-8-24(22)27/h1-8,17-20,26,28H,9-16H2. The molecule has 146 valence electrons. The third-order valence-corrected chi connectivity index (χ3v) is 7.82. The summed E-state index contributed by atoms with van der Waals surface area (Å²) in [5.74, 6) is 2.81. The average Bonchev–Trinajstić information content (AvgIpc) is 3.00. The topological polar surface area (TPSA) is 37.2 Å². The lowest BCUT2D eigenvalue weighted by molar-refractivity contribution is -0.0252. The van der Waals surface area contributed by atoms with Crippen molar-refractivity contribution in [2.45, 2.75) is 56.7 Å². The molecule has 0 radical (unpaired) electrons.